The largest absolute Gasteiger partial charge is 0.311 e. The minimum Gasteiger partial charge on any atom is -0.311 e. The summed E-state index contributed by atoms with van der Waals surface area (Å²) in [4.78, 5) is 2.41. The number of likely N-dealkylation sites (tertiary alicyclic amines) is 1. The Balaban J connectivity index is 2.13. The number of allylic oxidation sites excluding steroid dienone is 1. The summed E-state index contributed by atoms with van der Waals surface area (Å²) >= 11 is 0. The van der Waals surface area contributed by atoms with Crippen molar-refractivity contribution < 1.29 is 0 Å². The first-order chi connectivity index (χ1) is 6.72. The van der Waals surface area contributed by atoms with Crippen molar-refractivity contribution in [1.29, 1.82) is 0 Å². The van der Waals surface area contributed by atoms with Crippen LogP contribution in [0.1, 0.15) is 32.6 Å². The van der Waals surface area contributed by atoms with Crippen molar-refractivity contribution in [2.45, 2.75) is 44.7 Å². The third-order valence-electron chi connectivity index (χ3n) is 3.04. The average molecular weight is 196 g/mol. The quantitative estimate of drug-likeness (QED) is 0.677. The Bertz CT molecular complexity index is 160. The SMILES string of the molecule is C=CCCC(C)NC1CCN(C)CC1. The van der Waals surface area contributed by atoms with E-state index in [2.05, 4.69) is 30.8 Å². The highest BCUT2D eigenvalue weighted by molar-refractivity contribution is 4.79. The van der Waals surface area contributed by atoms with Crippen molar-refractivity contribution in [3.05, 3.63) is 12.7 Å². The minimum absolute atomic E-state index is 0.640. The van der Waals surface area contributed by atoms with Crippen LogP contribution in [0.3, 0.4) is 0 Å². The zero-order valence-electron chi connectivity index (χ0n) is 9.63. The van der Waals surface area contributed by atoms with Gasteiger partial charge >= 0.3 is 0 Å². The van der Waals surface area contributed by atoms with Crippen LogP contribution in [0.5, 0.6) is 0 Å². The van der Waals surface area contributed by atoms with Crippen molar-refractivity contribution >= 4 is 0 Å². The molecule has 1 rings (SSSR count). The Morgan fingerprint density at radius 2 is 2.14 bits per heavy atom. The maximum absolute atomic E-state index is 3.75. The van der Waals surface area contributed by atoms with E-state index >= 15 is 0 Å². The normalized spacial score (nSPS) is 22.1. The number of nitrogens with zero attached hydrogens (tertiary/aromatic N) is 1. The molecule has 2 nitrogen and oxygen atoms in total. The fourth-order valence-electron chi connectivity index (χ4n) is 2.03. The molecule has 82 valence electrons. The fourth-order valence-corrected chi connectivity index (χ4v) is 2.03. The summed E-state index contributed by atoms with van der Waals surface area (Å²) in [5.41, 5.74) is 0. The molecule has 0 spiro atoms. The van der Waals surface area contributed by atoms with E-state index in [4.69, 9.17) is 0 Å². The molecule has 1 aliphatic rings. The summed E-state index contributed by atoms with van der Waals surface area (Å²) in [6.07, 6.45) is 6.95. The second-order valence-corrected chi connectivity index (χ2v) is 4.51. The van der Waals surface area contributed by atoms with Crippen LogP contribution in [0.25, 0.3) is 0 Å². The van der Waals surface area contributed by atoms with E-state index in [9.17, 15) is 0 Å². The van der Waals surface area contributed by atoms with E-state index in [1.165, 1.54) is 32.4 Å². The highest BCUT2D eigenvalue weighted by Gasteiger charge is 2.17. The summed E-state index contributed by atoms with van der Waals surface area (Å²) in [7, 11) is 2.21. The third-order valence-corrected chi connectivity index (χ3v) is 3.04. The Morgan fingerprint density at radius 1 is 1.50 bits per heavy atom. The lowest BCUT2D eigenvalue weighted by atomic mass is 10.0. The lowest BCUT2D eigenvalue weighted by Crippen LogP contribution is -2.44. The summed E-state index contributed by atoms with van der Waals surface area (Å²) in [6.45, 7) is 8.52. The maximum atomic E-state index is 3.75. The molecule has 0 bridgehead atoms. The Morgan fingerprint density at radius 3 is 2.71 bits per heavy atom. The van der Waals surface area contributed by atoms with Gasteiger partial charge in [-0.1, -0.05) is 6.08 Å². The van der Waals surface area contributed by atoms with Crippen LogP contribution in [0.2, 0.25) is 0 Å². The van der Waals surface area contributed by atoms with Crippen molar-refractivity contribution in [3.8, 4) is 0 Å². The Labute approximate surface area is 88.4 Å². The molecular formula is C12H24N2. The van der Waals surface area contributed by atoms with Crippen molar-refractivity contribution in [1.82, 2.24) is 10.2 Å². The molecule has 0 aromatic heterocycles. The van der Waals surface area contributed by atoms with Gasteiger partial charge in [0.1, 0.15) is 0 Å². The van der Waals surface area contributed by atoms with E-state index in [-0.39, 0.29) is 0 Å². The number of hydrogen-bond acceptors (Lipinski definition) is 2. The van der Waals surface area contributed by atoms with E-state index in [0.29, 0.717) is 6.04 Å². The minimum atomic E-state index is 0.640. The molecule has 0 radical (unpaired) electrons. The molecule has 1 saturated heterocycles. The van der Waals surface area contributed by atoms with Crippen LogP contribution in [0, 0.1) is 0 Å². The highest BCUT2D eigenvalue weighted by Crippen LogP contribution is 2.10. The lowest BCUT2D eigenvalue weighted by Gasteiger charge is -2.31. The molecule has 0 aromatic rings. The average Bonchev–Trinajstić information content (AvgIpc) is 2.18. The molecule has 1 heterocycles. The first-order valence-corrected chi connectivity index (χ1v) is 5.78. The van der Waals surface area contributed by atoms with Crippen LogP contribution in [-0.4, -0.2) is 37.1 Å². The van der Waals surface area contributed by atoms with Gasteiger partial charge in [0.15, 0.2) is 0 Å². The molecule has 1 aliphatic heterocycles. The van der Waals surface area contributed by atoms with Crippen LogP contribution >= 0.6 is 0 Å². The van der Waals surface area contributed by atoms with Gasteiger partial charge < -0.3 is 10.2 Å². The van der Waals surface area contributed by atoms with Crippen molar-refractivity contribution in [3.63, 3.8) is 0 Å². The second-order valence-electron chi connectivity index (χ2n) is 4.51. The van der Waals surface area contributed by atoms with E-state index in [1.54, 1.807) is 0 Å². The molecule has 0 aromatic carbocycles. The van der Waals surface area contributed by atoms with Crippen LogP contribution in [0.4, 0.5) is 0 Å². The smallest absolute Gasteiger partial charge is 0.00938 e. The third kappa shape index (κ3) is 4.25. The molecule has 0 aliphatic carbocycles. The first-order valence-electron chi connectivity index (χ1n) is 5.78. The van der Waals surface area contributed by atoms with E-state index < -0.39 is 0 Å². The zero-order valence-corrected chi connectivity index (χ0v) is 9.63. The molecule has 2 heteroatoms. The fraction of sp³-hybridized carbons (Fsp3) is 0.833. The van der Waals surface area contributed by atoms with Gasteiger partial charge in [-0.15, -0.1) is 6.58 Å². The van der Waals surface area contributed by atoms with Crippen LogP contribution < -0.4 is 5.32 Å². The van der Waals surface area contributed by atoms with Gasteiger partial charge in [-0.05, 0) is 52.7 Å². The van der Waals surface area contributed by atoms with Crippen molar-refractivity contribution in [2.75, 3.05) is 20.1 Å². The van der Waals surface area contributed by atoms with Gasteiger partial charge in [0.05, 0.1) is 0 Å². The predicted octanol–water partition coefficient (Wildman–Crippen LogP) is 2.02. The molecule has 1 unspecified atom stereocenters. The second kappa shape index (κ2) is 6.20. The van der Waals surface area contributed by atoms with Gasteiger partial charge in [-0.3, -0.25) is 0 Å². The van der Waals surface area contributed by atoms with Gasteiger partial charge in [0, 0.05) is 12.1 Å². The number of nitrogens with one attached hydrogen (secondary N) is 1. The maximum Gasteiger partial charge on any atom is 0.00938 e. The summed E-state index contributed by atoms with van der Waals surface area (Å²) in [6, 6.07) is 1.38. The molecular weight excluding hydrogens is 172 g/mol. The highest BCUT2D eigenvalue weighted by atomic mass is 15.1. The Hall–Kier alpha value is -0.340. The zero-order chi connectivity index (χ0) is 10.4. The predicted molar refractivity (Wildman–Crippen MR) is 62.5 cm³/mol. The molecule has 1 N–H and O–H groups in total. The Kier molecular flexibility index (Phi) is 5.20. The van der Waals surface area contributed by atoms with Crippen LogP contribution in [-0.2, 0) is 0 Å². The van der Waals surface area contributed by atoms with Gasteiger partial charge in [0.25, 0.3) is 0 Å². The van der Waals surface area contributed by atoms with Gasteiger partial charge in [-0.25, -0.2) is 0 Å². The van der Waals surface area contributed by atoms with E-state index in [0.717, 1.165) is 12.5 Å². The van der Waals surface area contributed by atoms with E-state index in [1.807, 2.05) is 6.08 Å². The summed E-state index contributed by atoms with van der Waals surface area (Å²) in [5, 5.41) is 3.70. The summed E-state index contributed by atoms with van der Waals surface area (Å²) in [5.74, 6) is 0. The number of piperidine rings is 1. The van der Waals surface area contributed by atoms with Gasteiger partial charge in [-0.2, -0.15) is 0 Å². The molecule has 14 heavy (non-hydrogen) atoms. The molecule has 0 saturated carbocycles. The van der Waals surface area contributed by atoms with Crippen LogP contribution in [0.15, 0.2) is 12.7 Å². The van der Waals surface area contributed by atoms with Crippen molar-refractivity contribution in [2.24, 2.45) is 0 Å². The lowest BCUT2D eigenvalue weighted by molar-refractivity contribution is 0.225. The number of rotatable bonds is 5. The summed E-state index contributed by atoms with van der Waals surface area (Å²) < 4.78 is 0. The standard InChI is InChI=1S/C12H24N2/c1-4-5-6-11(2)13-12-7-9-14(3)10-8-12/h4,11-13H,1,5-10H2,2-3H3. The molecule has 1 atom stereocenters. The molecule has 1 fully saturated rings. The van der Waals surface area contributed by atoms with Gasteiger partial charge in [0.2, 0.25) is 0 Å². The number of hydrogen-bond donors (Lipinski definition) is 1. The topological polar surface area (TPSA) is 15.3 Å². The monoisotopic (exact) mass is 196 g/mol. The molecule has 0 amide bonds. The first kappa shape index (κ1) is 11.7.